The summed E-state index contributed by atoms with van der Waals surface area (Å²) >= 11 is 0. The maximum atomic E-state index is 14.0. The van der Waals surface area contributed by atoms with Crippen molar-refractivity contribution in [3.63, 3.8) is 0 Å². The molecule has 0 unspecified atom stereocenters. The fourth-order valence-electron chi connectivity index (χ4n) is 4.92. The summed E-state index contributed by atoms with van der Waals surface area (Å²) in [6.45, 7) is 4.79. The number of fused-ring (bicyclic) bond motifs is 1. The summed E-state index contributed by atoms with van der Waals surface area (Å²) in [5.41, 5.74) is 4.25. The van der Waals surface area contributed by atoms with Crippen LogP contribution in [0.3, 0.4) is 0 Å². The van der Waals surface area contributed by atoms with E-state index in [0.29, 0.717) is 31.9 Å². The average Bonchev–Trinajstić information content (AvgIpc) is 3.48. The van der Waals surface area contributed by atoms with Crippen LogP contribution in [0.25, 0.3) is 0 Å². The molecule has 2 amide bonds. The van der Waals surface area contributed by atoms with E-state index in [2.05, 4.69) is 16.7 Å². The number of amides is 2. The Morgan fingerprint density at radius 2 is 1.91 bits per heavy atom. The summed E-state index contributed by atoms with van der Waals surface area (Å²) in [7, 11) is -2.49. The molecule has 0 saturated heterocycles. The number of aliphatic hydroxyl groups is 1. The Labute approximate surface area is 260 Å². The number of nitrogens with one attached hydrogen (secondary N) is 2. The molecule has 0 radical (unpaired) electrons. The van der Waals surface area contributed by atoms with Gasteiger partial charge in [-0.05, 0) is 41.7 Å². The third-order valence-electron chi connectivity index (χ3n) is 7.09. The molecular formula is C32H44N4O7S. The van der Waals surface area contributed by atoms with Gasteiger partial charge in [0.15, 0.2) is 0 Å². The molecule has 2 aromatic rings. The van der Waals surface area contributed by atoms with Crippen LogP contribution in [0.15, 0.2) is 53.4 Å². The number of hydrogen-bond acceptors (Lipinski definition) is 8. The van der Waals surface area contributed by atoms with E-state index in [-0.39, 0.29) is 49.7 Å². The highest BCUT2D eigenvalue weighted by Gasteiger charge is 2.36. The molecule has 1 heterocycles. The van der Waals surface area contributed by atoms with Gasteiger partial charge in [0.05, 0.1) is 36.8 Å². The molecule has 3 N–H and O–H groups in total. The van der Waals surface area contributed by atoms with Crippen LogP contribution < -0.4 is 15.5 Å². The lowest BCUT2D eigenvalue weighted by molar-refractivity contribution is -0.147. The quantitative estimate of drug-likeness (QED) is 0.137. The standard InChI is InChI=1S/C32H44N4O7S/c1-5-6-12-32(39)36(34-31(38)21-33-16-18-42-4)28(19-25-10-8-7-9-11-25)29(37)23-35(22-24(2)3)44(40,41)27-13-14-30-26(20-27)15-17-43-30/h1,7-11,13-14,20,24,28-29,33,37H,6,12,15-19,21-23H2,2-4H3,(H,34,38)/t28-,29+/m0/s1. The molecule has 11 nitrogen and oxygen atoms in total. The van der Waals surface area contributed by atoms with Gasteiger partial charge in [0.2, 0.25) is 15.9 Å². The van der Waals surface area contributed by atoms with Gasteiger partial charge in [-0.25, -0.2) is 13.4 Å². The smallest absolute Gasteiger partial charge is 0.252 e. The third kappa shape index (κ3) is 10.0. The van der Waals surface area contributed by atoms with E-state index in [0.717, 1.165) is 16.1 Å². The van der Waals surface area contributed by atoms with Crippen LogP contribution in [0, 0.1) is 18.3 Å². The Hall–Kier alpha value is -3.47. The lowest BCUT2D eigenvalue weighted by atomic mass is 9.99. The van der Waals surface area contributed by atoms with E-state index in [1.807, 2.05) is 44.2 Å². The Morgan fingerprint density at radius 3 is 2.59 bits per heavy atom. The second-order valence-electron chi connectivity index (χ2n) is 11.1. The van der Waals surface area contributed by atoms with Crippen molar-refractivity contribution < 1.29 is 32.6 Å². The fourth-order valence-corrected chi connectivity index (χ4v) is 6.59. The van der Waals surface area contributed by atoms with Crippen molar-refractivity contribution in [2.24, 2.45) is 5.92 Å². The van der Waals surface area contributed by atoms with Gasteiger partial charge in [0.1, 0.15) is 5.75 Å². The van der Waals surface area contributed by atoms with Gasteiger partial charge in [0, 0.05) is 46.0 Å². The number of aliphatic hydroxyl groups excluding tert-OH is 1. The topological polar surface area (TPSA) is 138 Å². The normalized spacial score (nSPS) is 14.0. The predicted molar refractivity (Wildman–Crippen MR) is 167 cm³/mol. The average molecular weight is 629 g/mol. The zero-order chi connectivity index (χ0) is 32.1. The number of sulfonamides is 1. The summed E-state index contributed by atoms with van der Waals surface area (Å²) in [6, 6.07) is 12.9. The van der Waals surface area contributed by atoms with E-state index in [9.17, 15) is 23.1 Å². The minimum Gasteiger partial charge on any atom is -0.493 e. The monoisotopic (exact) mass is 628 g/mol. The first kappa shape index (κ1) is 35.0. The van der Waals surface area contributed by atoms with Crippen LogP contribution >= 0.6 is 0 Å². The molecule has 2 atom stereocenters. The van der Waals surface area contributed by atoms with E-state index in [1.54, 1.807) is 19.2 Å². The first-order chi connectivity index (χ1) is 21.1. The molecule has 0 aliphatic carbocycles. The second kappa shape index (κ2) is 17.1. The van der Waals surface area contributed by atoms with Gasteiger partial charge in [-0.15, -0.1) is 12.3 Å². The maximum absolute atomic E-state index is 14.0. The van der Waals surface area contributed by atoms with E-state index in [1.165, 1.54) is 10.4 Å². The minimum atomic E-state index is -4.04. The van der Waals surface area contributed by atoms with Crippen LogP contribution in [0.4, 0.5) is 0 Å². The lowest BCUT2D eigenvalue weighted by Gasteiger charge is -2.37. The molecular weight excluding hydrogens is 584 g/mol. The van der Waals surface area contributed by atoms with Crippen molar-refractivity contribution in [1.82, 2.24) is 20.1 Å². The van der Waals surface area contributed by atoms with Crippen LogP contribution in [-0.4, -0.2) is 93.3 Å². The molecule has 2 aromatic carbocycles. The summed E-state index contributed by atoms with van der Waals surface area (Å²) < 4.78 is 39.7. The van der Waals surface area contributed by atoms with Crippen LogP contribution in [0.1, 0.15) is 37.8 Å². The zero-order valence-electron chi connectivity index (χ0n) is 25.7. The second-order valence-corrected chi connectivity index (χ2v) is 13.0. The molecule has 0 aromatic heterocycles. The number of hydrazine groups is 1. The van der Waals surface area contributed by atoms with E-state index < -0.39 is 34.0 Å². The van der Waals surface area contributed by atoms with Crippen molar-refractivity contribution in [2.75, 3.05) is 46.5 Å². The van der Waals surface area contributed by atoms with Crippen LogP contribution in [-0.2, 0) is 37.2 Å². The highest BCUT2D eigenvalue weighted by Crippen LogP contribution is 2.29. The number of methoxy groups -OCH3 is 1. The van der Waals surface area contributed by atoms with Crippen molar-refractivity contribution in [3.05, 3.63) is 59.7 Å². The van der Waals surface area contributed by atoms with Gasteiger partial charge < -0.3 is 19.9 Å². The number of terminal acetylenes is 1. The minimum absolute atomic E-state index is 0.0615. The van der Waals surface area contributed by atoms with Crippen LogP contribution in [0.2, 0.25) is 0 Å². The molecule has 0 bridgehead atoms. The first-order valence-corrected chi connectivity index (χ1v) is 16.2. The zero-order valence-corrected chi connectivity index (χ0v) is 26.5. The van der Waals surface area contributed by atoms with Crippen LogP contribution in [0.5, 0.6) is 5.75 Å². The van der Waals surface area contributed by atoms with Gasteiger partial charge in [-0.1, -0.05) is 44.2 Å². The van der Waals surface area contributed by atoms with E-state index >= 15 is 0 Å². The predicted octanol–water partition coefficient (Wildman–Crippen LogP) is 1.75. The Bertz CT molecular complexity index is 1380. The molecule has 1 aliphatic rings. The van der Waals surface area contributed by atoms with Crippen molar-refractivity contribution in [3.8, 4) is 18.1 Å². The summed E-state index contributed by atoms with van der Waals surface area (Å²) in [5, 5.41) is 15.8. The maximum Gasteiger partial charge on any atom is 0.252 e. The number of ether oxygens (including phenoxy) is 2. The number of carbonyl (C=O) groups excluding carboxylic acids is 2. The molecule has 1 aliphatic heterocycles. The number of carbonyl (C=O) groups is 2. The van der Waals surface area contributed by atoms with Gasteiger partial charge >= 0.3 is 0 Å². The molecule has 240 valence electrons. The number of hydrogen-bond donors (Lipinski definition) is 3. The van der Waals surface area contributed by atoms with Gasteiger partial charge in [0.25, 0.3) is 5.91 Å². The van der Waals surface area contributed by atoms with Gasteiger partial charge in [-0.3, -0.25) is 15.0 Å². The summed E-state index contributed by atoms with van der Waals surface area (Å²) in [4.78, 5) is 26.5. The Balaban J connectivity index is 1.95. The third-order valence-corrected chi connectivity index (χ3v) is 8.91. The highest BCUT2D eigenvalue weighted by atomic mass is 32.2. The SMILES string of the molecule is C#CCCC(=O)N(NC(=O)CNCCOC)[C@@H](Cc1ccccc1)[C@H](O)CN(CC(C)C)S(=O)(=O)c1ccc2c(c1)CCO2. The van der Waals surface area contributed by atoms with E-state index in [4.69, 9.17) is 15.9 Å². The molecule has 44 heavy (non-hydrogen) atoms. The van der Waals surface area contributed by atoms with Crippen molar-refractivity contribution in [1.29, 1.82) is 0 Å². The summed E-state index contributed by atoms with van der Waals surface area (Å²) in [6.07, 6.45) is 4.85. The molecule has 0 fully saturated rings. The number of benzene rings is 2. The number of rotatable bonds is 17. The molecule has 0 spiro atoms. The van der Waals surface area contributed by atoms with Crippen molar-refractivity contribution in [2.45, 2.75) is 56.6 Å². The lowest BCUT2D eigenvalue weighted by Crippen LogP contribution is -2.60. The molecule has 3 rings (SSSR count). The van der Waals surface area contributed by atoms with Crippen molar-refractivity contribution >= 4 is 21.8 Å². The fraction of sp³-hybridized carbons (Fsp3) is 0.500. The van der Waals surface area contributed by atoms with Gasteiger partial charge in [-0.2, -0.15) is 4.31 Å². The largest absolute Gasteiger partial charge is 0.493 e. The first-order valence-electron chi connectivity index (χ1n) is 14.8. The summed E-state index contributed by atoms with van der Waals surface area (Å²) in [5.74, 6) is 2.04. The number of nitrogens with zero attached hydrogens (tertiary/aromatic N) is 2. The Morgan fingerprint density at radius 1 is 1.16 bits per heavy atom. The highest BCUT2D eigenvalue weighted by molar-refractivity contribution is 7.89. The molecule has 12 heteroatoms. The molecule has 0 saturated carbocycles. The Kier molecular flexibility index (Phi) is 13.6.